The molecule has 2 atom stereocenters. The molecule has 0 N–H and O–H groups in total. The molecule has 0 spiro atoms. The summed E-state index contributed by atoms with van der Waals surface area (Å²) >= 11 is 3.80. The Balaban J connectivity index is 1.81. The number of benzene rings is 3. The van der Waals surface area contributed by atoms with Crippen molar-refractivity contribution in [3.63, 3.8) is 0 Å². The fraction of sp³-hybridized carbons (Fsp3) is 0.100. The lowest BCUT2D eigenvalue weighted by molar-refractivity contribution is 1.11. The Morgan fingerprint density at radius 3 is 1.45 bits per heavy atom. The van der Waals surface area contributed by atoms with Gasteiger partial charge in [0.2, 0.25) is 0 Å². The van der Waals surface area contributed by atoms with Gasteiger partial charge in [-0.2, -0.15) is 0 Å². The third-order valence-corrected chi connectivity index (χ3v) is 5.18. The van der Waals surface area contributed by atoms with Gasteiger partial charge in [-0.05, 0) is 28.1 Å². The third kappa shape index (κ3) is 3.33. The van der Waals surface area contributed by atoms with Crippen LogP contribution in [0.4, 0.5) is 0 Å². The second-order valence-corrected chi connectivity index (χ2v) is 6.49. The van der Waals surface area contributed by atoms with E-state index in [1.165, 1.54) is 22.3 Å². The summed E-state index contributed by atoms with van der Waals surface area (Å²) in [5, 5.41) is 0. The van der Waals surface area contributed by atoms with Crippen molar-refractivity contribution in [1.29, 1.82) is 0 Å². The predicted molar refractivity (Wildman–Crippen MR) is 100 cm³/mol. The Morgan fingerprint density at radius 2 is 0.909 bits per heavy atom. The molecule has 0 aliphatic carbocycles. The molecule has 0 saturated heterocycles. The summed E-state index contributed by atoms with van der Waals surface area (Å²) in [5.74, 6) is 0.417. The fourth-order valence-electron chi connectivity index (χ4n) is 2.70. The maximum atomic E-state index is 3.80. The van der Waals surface area contributed by atoms with E-state index in [0.717, 1.165) is 0 Å². The fourth-order valence-corrected chi connectivity index (χ4v) is 3.31. The first-order chi connectivity index (χ1) is 10.8. The highest BCUT2D eigenvalue weighted by atomic mass is 79.9. The smallest absolute Gasteiger partial charge is 0.0786 e. The summed E-state index contributed by atoms with van der Waals surface area (Å²) in [6.07, 6.45) is 0. The van der Waals surface area contributed by atoms with Gasteiger partial charge in [-0.1, -0.05) is 101 Å². The van der Waals surface area contributed by atoms with Crippen molar-refractivity contribution in [2.75, 3.05) is 0 Å². The normalized spacial score (nSPS) is 13.5. The SMILES string of the molecule is BC(c1ccccc1)c1ccc(C(Br)c2ccccc2)cc1. The first-order valence-electron chi connectivity index (χ1n) is 7.59. The molecule has 0 nitrogen and oxygen atoms in total. The Bertz CT molecular complexity index is 643. The lowest BCUT2D eigenvalue weighted by atomic mass is 9.76. The maximum absolute atomic E-state index is 3.80. The van der Waals surface area contributed by atoms with Crippen LogP contribution in [-0.4, -0.2) is 7.85 Å². The van der Waals surface area contributed by atoms with Gasteiger partial charge in [-0.15, -0.1) is 0 Å². The lowest BCUT2D eigenvalue weighted by Crippen LogP contribution is -2.01. The van der Waals surface area contributed by atoms with Crippen molar-refractivity contribution in [2.24, 2.45) is 0 Å². The highest BCUT2D eigenvalue weighted by molar-refractivity contribution is 9.09. The topological polar surface area (TPSA) is 0 Å². The predicted octanol–water partition coefficient (Wildman–Crippen LogP) is 4.89. The van der Waals surface area contributed by atoms with Crippen LogP contribution in [0.15, 0.2) is 84.9 Å². The van der Waals surface area contributed by atoms with Crippen molar-refractivity contribution in [1.82, 2.24) is 0 Å². The molecular weight excluding hydrogens is 331 g/mol. The Kier molecular flexibility index (Phi) is 4.79. The van der Waals surface area contributed by atoms with Crippen LogP contribution in [0, 0.1) is 0 Å². The first kappa shape index (κ1) is 15.1. The maximum Gasteiger partial charge on any atom is 0.116 e. The van der Waals surface area contributed by atoms with Gasteiger partial charge in [0.25, 0.3) is 0 Å². The zero-order chi connectivity index (χ0) is 15.4. The molecule has 2 unspecified atom stereocenters. The third-order valence-electron chi connectivity index (χ3n) is 4.12. The molecule has 0 aromatic heterocycles. The van der Waals surface area contributed by atoms with Crippen molar-refractivity contribution >= 4 is 23.8 Å². The largest absolute Gasteiger partial charge is 0.116 e. The van der Waals surface area contributed by atoms with Crippen LogP contribution in [0.3, 0.4) is 0 Å². The van der Waals surface area contributed by atoms with Crippen LogP contribution < -0.4 is 0 Å². The molecular formula is C20H18BBr. The van der Waals surface area contributed by atoms with Gasteiger partial charge in [0.15, 0.2) is 0 Å². The van der Waals surface area contributed by atoms with E-state index in [9.17, 15) is 0 Å². The molecule has 0 aliphatic heterocycles. The molecule has 3 aromatic rings. The van der Waals surface area contributed by atoms with Crippen molar-refractivity contribution < 1.29 is 0 Å². The van der Waals surface area contributed by atoms with E-state index in [1.54, 1.807) is 0 Å². The minimum absolute atomic E-state index is 0.245. The van der Waals surface area contributed by atoms with Gasteiger partial charge in [-0.25, -0.2) is 0 Å². The summed E-state index contributed by atoms with van der Waals surface area (Å²) < 4.78 is 0. The van der Waals surface area contributed by atoms with Crippen molar-refractivity contribution in [2.45, 2.75) is 10.6 Å². The number of halogens is 1. The average Bonchev–Trinajstić information content (AvgIpc) is 2.62. The number of hydrogen-bond donors (Lipinski definition) is 0. The van der Waals surface area contributed by atoms with E-state index in [1.807, 2.05) is 6.07 Å². The molecule has 0 amide bonds. The lowest BCUT2D eigenvalue weighted by Gasteiger charge is -2.15. The van der Waals surface area contributed by atoms with E-state index < -0.39 is 0 Å². The van der Waals surface area contributed by atoms with E-state index in [4.69, 9.17) is 0 Å². The van der Waals surface area contributed by atoms with Crippen LogP contribution in [-0.2, 0) is 0 Å². The van der Waals surface area contributed by atoms with Gasteiger partial charge >= 0.3 is 0 Å². The van der Waals surface area contributed by atoms with Crippen molar-refractivity contribution in [3.8, 4) is 0 Å². The van der Waals surface area contributed by atoms with Gasteiger partial charge in [0.1, 0.15) is 7.85 Å². The minimum Gasteiger partial charge on any atom is -0.0786 e. The molecule has 108 valence electrons. The van der Waals surface area contributed by atoms with Gasteiger partial charge in [-0.3, -0.25) is 0 Å². The van der Waals surface area contributed by atoms with E-state index >= 15 is 0 Å². The summed E-state index contributed by atoms with van der Waals surface area (Å²) in [7, 11) is 2.26. The van der Waals surface area contributed by atoms with Crippen LogP contribution >= 0.6 is 15.9 Å². The molecule has 3 rings (SSSR count). The highest BCUT2D eigenvalue weighted by Crippen LogP contribution is 2.31. The molecule has 2 heteroatoms. The number of alkyl halides is 1. The first-order valence-corrected chi connectivity index (χ1v) is 8.51. The Hall–Kier alpha value is -1.80. The summed E-state index contributed by atoms with van der Waals surface area (Å²) in [6.45, 7) is 0. The second-order valence-electron chi connectivity index (χ2n) is 5.57. The van der Waals surface area contributed by atoms with E-state index in [-0.39, 0.29) is 4.83 Å². The second kappa shape index (κ2) is 6.98. The summed E-state index contributed by atoms with van der Waals surface area (Å²) in [5.41, 5.74) is 5.28. The minimum atomic E-state index is 0.245. The molecule has 0 bridgehead atoms. The quantitative estimate of drug-likeness (QED) is 0.465. The van der Waals surface area contributed by atoms with E-state index in [0.29, 0.717) is 5.82 Å². The number of hydrogen-bond acceptors (Lipinski definition) is 0. The molecule has 0 fully saturated rings. The zero-order valence-electron chi connectivity index (χ0n) is 12.6. The molecule has 3 aromatic carbocycles. The monoisotopic (exact) mass is 348 g/mol. The van der Waals surface area contributed by atoms with Gasteiger partial charge < -0.3 is 0 Å². The Labute approximate surface area is 141 Å². The van der Waals surface area contributed by atoms with Crippen molar-refractivity contribution in [3.05, 3.63) is 107 Å². The average molecular weight is 349 g/mol. The summed E-state index contributed by atoms with van der Waals surface area (Å²) in [6, 6.07) is 30.1. The number of rotatable bonds is 4. The molecule has 0 radical (unpaired) electrons. The van der Waals surface area contributed by atoms with E-state index in [2.05, 4.69) is 103 Å². The standard InChI is InChI=1S/C20H18BBr/c21-19(15-7-3-1-4-8-15)16-11-13-18(14-12-16)20(22)17-9-5-2-6-10-17/h1-14,19-20H,21H2. The van der Waals surface area contributed by atoms with Crippen LogP contribution in [0.2, 0.25) is 0 Å². The molecule has 0 heterocycles. The highest BCUT2D eigenvalue weighted by Gasteiger charge is 2.12. The van der Waals surface area contributed by atoms with Gasteiger partial charge in [0, 0.05) is 0 Å². The molecule has 0 saturated carbocycles. The van der Waals surface area contributed by atoms with Crippen LogP contribution in [0.5, 0.6) is 0 Å². The summed E-state index contributed by atoms with van der Waals surface area (Å²) in [4.78, 5) is 0.245. The molecule has 0 aliphatic rings. The zero-order valence-corrected chi connectivity index (χ0v) is 14.2. The van der Waals surface area contributed by atoms with Crippen LogP contribution in [0.1, 0.15) is 32.9 Å². The Morgan fingerprint density at radius 1 is 0.545 bits per heavy atom. The molecule has 22 heavy (non-hydrogen) atoms. The van der Waals surface area contributed by atoms with Gasteiger partial charge in [0.05, 0.1) is 4.83 Å². The van der Waals surface area contributed by atoms with Crippen LogP contribution in [0.25, 0.3) is 0 Å².